The van der Waals surface area contributed by atoms with Crippen molar-refractivity contribution in [3.05, 3.63) is 22.7 Å². The third-order valence-electron chi connectivity index (χ3n) is 2.60. The molecule has 2 amide bonds. The molecule has 0 spiro atoms. The van der Waals surface area contributed by atoms with Crippen LogP contribution in [0.4, 0.5) is 11.4 Å². The lowest BCUT2D eigenvalue weighted by atomic mass is 10.1. The van der Waals surface area contributed by atoms with Gasteiger partial charge in [-0.2, -0.15) is 0 Å². The Balaban J connectivity index is 2.68. The van der Waals surface area contributed by atoms with Crippen LogP contribution in [0.15, 0.2) is 12.1 Å². The summed E-state index contributed by atoms with van der Waals surface area (Å²) in [5, 5.41) is 6.00. The number of primary amides is 1. The number of anilines is 2. The van der Waals surface area contributed by atoms with E-state index in [0.29, 0.717) is 29.5 Å². The molecule has 7 heteroatoms. The Kier molecular flexibility index (Phi) is 6.11. The van der Waals surface area contributed by atoms with Crippen LogP contribution in [-0.2, 0) is 4.79 Å². The smallest absolute Gasteiger partial charge is 0.250 e. The van der Waals surface area contributed by atoms with Crippen LogP contribution in [0.25, 0.3) is 0 Å². The van der Waals surface area contributed by atoms with Crippen molar-refractivity contribution in [2.75, 3.05) is 24.1 Å². The lowest BCUT2D eigenvalue weighted by Crippen LogP contribution is -2.26. The highest BCUT2D eigenvalue weighted by Crippen LogP contribution is 2.28. The molecule has 1 aromatic rings. The van der Waals surface area contributed by atoms with Crippen molar-refractivity contribution in [1.29, 1.82) is 0 Å². The van der Waals surface area contributed by atoms with E-state index < -0.39 is 5.91 Å². The topological polar surface area (TPSA) is 110 Å². The minimum Gasteiger partial charge on any atom is -0.399 e. The van der Waals surface area contributed by atoms with Crippen LogP contribution in [0.3, 0.4) is 0 Å². The zero-order valence-corrected chi connectivity index (χ0v) is 12.1. The first kappa shape index (κ1) is 16.1. The summed E-state index contributed by atoms with van der Waals surface area (Å²) < 4.78 is 0. The highest BCUT2D eigenvalue weighted by Gasteiger charge is 2.13. The van der Waals surface area contributed by atoms with Crippen molar-refractivity contribution in [3.63, 3.8) is 0 Å². The molecule has 110 valence electrons. The van der Waals surface area contributed by atoms with E-state index in [1.54, 1.807) is 0 Å². The molecular weight excluding hydrogens is 280 g/mol. The summed E-state index contributed by atoms with van der Waals surface area (Å²) in [4.78, 5) is 22.8. The van der Waals surface area contributed by atoms with Crippen molar-refractivity contribution < 1.29 is 9.59 Å². The summed E-state index contributed by atoms with van der Waals surface area (Å²) in [6.07, 6.45) is 1.16. The summed E-state index contributed by atoms with van der Waals surface area (Å²) in [6, 6.07) is 2.97. The SMILES string of the molecule is CCCNC(=O)CCNc1c(Cl)cc(N)cc1C(N)=O. The van der Waals surface area contributed by atoms with Crippen molar-refractivity contribution in [2.24, 2.45) is 5.73 Å². The summed E-state index contributed by atoms with van der Waals surface area (Å²) >= 11 is 6.03. The summed E-state index contributed by atoms with van der Waals surface area (Å²) in [7, 11) is 0. The zero-order valence-electron chi connectivity index (χ0n) is 11.3. The molecule has 0 atom stereocenters. The number of hydrogen-bond acceptors (Lipinski definition) is 4. The fourth-order valence-electron chi connectivity index (χ4n) is 1.66. The molecule has 0 unspecified atom stereocenters. The van der Waals surface area contributed by atoms with E-state index in [1.807, 2.05) is 6.92 Å². The first-order valence-corrected chi connectivity index (χ1v) is 6.73. The van der Waals surface area contributed by atoms with E-state index in [9.17, 15) is 9.59 Å². The average molecular weight is 299 g/mol. The number of nitrogens with one attached hydrogen (secondary N) is 2. The summed E-state index contributed by atoms with van der Waals surface area (Å²) in [6.45, 7) is 2.97. The molecule has 0 aliphatic heterocycles. The van der Waals surface area contributed by atoms with Gasteiger partial charge < -0.3 is 22.1 Å². The van der Waals surface area contributed by atoms with E-state index >= 15 is 0 Å². The second-order valence-corrected chi connectivity index (χ2v) is 4.72. The molecule has 0 aliphatic carbocycles. The van der Waals surface area contributed by atoms with Crippen LogP contribution >= 0.6 is 11.6 Å². The molecule has 0 bridgehead atoms. The second kappa shape index (κ2) is 7.59. The average Bonchev–Trinajstić information content (AvgIpc) is 2.38. The molecule has 0 aliphatic rings. The Hall–Kier alpha value is -1.95. The highest BCUT2D eigenvalue weighted by molar-refractivity contribution is 6.34. The lowest BCUT2D eigenvalue weighted by molar-refractivity contribution is -0.120. The number of halogens is 1. The van der Waals surface area contributed by atoms with Gasteiger partial charge in [0.15, 0.2) is 0 Å². The molecule has 0 saturated carbocycles. The van der Waals surface area contributed by atoms with E-state index in [1.165, 1.54) is 12.1 Å². The Bertz CT molecular complexity index is 505. The zero-order chi connectivity index (χ0) is 15.1. The largest absolute Gasteiger partial charge is 0.399 e. The maximum absolute atomic E-state index is 11.5. The van der Waals surface area contributed by atoms with E-state index in [-0.39, 0.29) is 17.9 Å². The summed E-state index contributed by atoms with van der Waals surface area (Å²) in [5.74, 6) is -0.691. The highest BCUT2D eigenvalue weighted by atomic mass is 35.5. The number of rotatable bonds is 7. The van der Waals surface area contributed by atoms with Crippen molar-refractivity contribution >= 4 is 34.8 Å². The first-order chi connectivity index (χ1) is 9.45. The number of nitrogen functional groups attached to an aromatic ring is 1. The van der Waals surface area contributed by atoms with Gasteiger partial charge in [-0.3, -0.25) is 9.59 Å². The molecule has 1 rings (SSSR count). The fraction of sp³-hybridized carbons (Fsp3) is 0.385. The Labute approximate surface area is 122 Å². The van der Waals surface area contributed by atoms with E-state index in [0.717, 1.165) is 6.42 Å². The minimum absolute atomic E-state index is 0.0634. The van der Waals surface area contributed by atoms with Crippen molar-refractivity contribution in [1.82, 2.24) is 5.32 Å². The first-order valence-electron chi connectivity index (χ1n) is 6.35. The van der Waals surface area contributed by atoms with Crippen LogP contribution in [0, 0.1) is 0 Å². The Morgan fingerprint density at radius 3 is 2.60 bits per heavy atom. The molecule has 0 saturated heterocycles. The van der Waals surface area contributed by atoms with Crippen molar-refractivity contribution in [2.45, 2.75) is 19.8 Å². The molecule has 1 aromatic carbocycles. The number of nitrogens with two attached hydrogens (primary N) is 2. The molecular formula is C13H19ClN4O2. The van der Waals surface area contributed by atoms with E-state index in [4.69, 9.17) is 23.1 Å². The molecule has 0 radical (unpaired) electrons. The van der Waals surface area contributed by atoms with Gasteiger partial charge in [-0.25, -0.2) is 0 Å². The Morgan fingerprint density at radius 2 is 2.00 bits per heavy atom. The molecule has 20 heavy (non-hydrogen) atoms. The number of carbonyl (C=O) groups is 2. The third kappa shape index (κ3) is 4.62. The van der Waals surface area contributed by atoms with Crippen molar-refractivity contribution in [3.8, 4) is 0 Å². The minimum atomic E-state index is -0.628. The van der Waals surface area contributed by atoms with E-state index in [2.05, 4.69) is 10.6 Å². The van der Waals surface area contributed by atoms with Gasteiger partial charge in [0.25, 0.3) is 5.91 Å². The lowest BCUT2D eigenvalue weighted by Gasteiger charge is -2.13. The maximum Gasteiger partial charge on any atom is 0.250 e. The molecule has 6 N–H and O–H groups in total. The molecule has 0 aromatic heterocycles. The van der Waals surface area contributed by atoms with Gasteiger partial charge >= 0.3 is 0 Å². The normalized spacial score (nSPS) is 10.1. The molecule has 0 fully saturated rings. The second-order valence-electron chi connectivity index (χ2n) is 4.32. The van der Waals surface area contributed by atoms with Crippen LogP contribution in [-0.4, -0.2) is 24.9 Å². The predicted molar refractivity (Wildman–Crippen MR) is 80.8 cm³/mol. The number of hydrogen-bond donors (Lipinski definition) is 4. The van der Waals surface area contributed by atoms with Crippen LogP contribution in [0.1, 0.15) is 30.1 Å². The van der Waals surface area contributed by atoms with Gasteiger partial charge in [0.2, 0.25) is 5.91 Å². The molecule has 6 nitrogen and oxygen atoms in total. The van der Waals surface area contributed by atoms with Gasteiger partial charge in [-0.1, -0.05) is 18.5 Å². The number of benzene rings is 1. The molecule has 0 heterocycles. The monoisotopic (exact) mass is 298 g/mol. The fourth-order valence-corrected chi connectivity index (χ4v) is 1.95. The van der Waals surface area contributed by atoms with Crippen LogP contribution < -0.4 is 22.1 Å². The third-order valence-corrected chi connectivity index (χ3v) is 2.90. The van der Waals surface area contributed by atoms with Crippen LogP contribution in [0.2, 0.25) is 5.02 Å². The standard InChI is InChI=1S/C13H19ClN4O2/c1-2-4-17-11(19)3-5-18-12-9(13(16)20)6-8(15)7-10(12)14/h6-7,18H,2-5,15H2,1H3,(H2,16,20)(H,17,19). The van der Waals surface area contributed by atoms with Crippen LogP contribution in [0.5, 0.6) is 0 Å². The Morgan fingerprint density at radius 1 is 1.30 bits per heavy atom. The van der Waals surface area contributed by atoms with Gasteiger partial charge in [0.05, 0.1) is 16.3 Å². The predicted octanol–water partition coefficient (Wildman–Crippen LogP) is 1.35. The van der Waals surface area contributed by atoms with Gasteiger partial charge in [-0.05, 0) is 18.6 Å². The maximum atomic E-state index is 11.5. The van der Waals surface area contributed by atoms with Gasteiger partial charge in [0.1, 0.15) is 0 Å². The quantitative estimate of drug-likeness (QED) is 0.569. The van der Waals surface area contributed by atoms with Gasteiger partial charge in [-0.15, -0.1) is 0 Å². The number of amides is 2. The summed E-state index contributed by atoms with van der Waals surface area (Å²) in [5.41, 5.74) is 11.9. The van der Waals surface area contributed by atoms with Gasteiger partial charge in [0, 0.05) is 25.2 Å². The number of carbonyl (C=O) groups excluding carboxylic acids is 2.